The summed E-state index contributed by atoms with van der Waals surface area (Å²) in [6, 6.07) is 7.94. The van der Waals surface area contributed by atoms with Gasteiger partial charge in [0.2, 0.25) is 18.1 Å². The topological polar surface area (TPSA) is 117 Å². The van der Waals surface area contributed by atoms with Gasteiger partial charge in [0.1, 0.15) is 5.82 Å². The number of carbonyl (C=O) groups is 1. The van der Waals surface area contributed by atoms with Crippen molar-refractivity contribution >= 4 is 11.9 Å². The largest absolute Gasteiger partial charge is 0.355 e. The molecule has 208 valence electrons. The summed E-state index contributed by atoms with van der Waals surface area (Å²) in [4.78, 5) is 32.1. The Bertz CT molecular complexity index is 1270. The summed E-state index contributed by atoms with van der Waals surface area (Å²) in [5.74, 6) is 1.24. The van der Waals surface area contributed by atoms with Crippen molar-refractivity contribution in [3.8, 4) is 22.6 Å². The third-order valence-corrected chi connectivity index (χ3v) is 6.94. The zero-order chi connectivity index (χ0) is 27.4. The molecule has 0 radical (unpaired) electrons. The number of aromatic amines is 1. The Morgan fingerprint density at radius 1 is 1.15 bits per heavy atom. The molecule has 0 bridgehead atoms. The minimum atomic E-state index is -0.807. The van der Waals surface area contributed by atoms with Crippen LogP contribution in [0, 0.1) is 17.2 Å². The van der Waals surface area contributed by atoms with Crippen molar-refractivity contribution in [2.24, 2.45) is 11.3 Å². The minimum absolute atomic E-state index is 0.0981. The number of carbonyl (C=O) groups excluding carboxylic acids is 1. The number of H-pyrrole nitrogens is 1. The van der Waals surface area contributed by atoms with Crippen molar-refractivity contribution in [3.05, 3.63) is 48.2 Å². The molecule has 1 aliphatic carbocycles. The van der Waals surface area contributed by atoms with Crippen LogP contribution in [0.25, 0.3) is 22.6 Å². The molecule has 1 saturated carbocycles. The van der Waals surface area contributed by atoms with E-state index in [0.29, 0.717) is 41.3 Å². The molecule has 1 aliphatic heterocycles. The van der Waals surface area contributed by atoms with Gasteiger partial charge in [0.05, 0.1) is 35.7 Å². The van der Waals surface area contributed by atoms with E-state index in [-0.39, 0.29) is 24.9 Å². The summed E-state index contributed by atoms with van der Waals surface area (Å²) in [6.07, 6.45) is 4.22. The second-order valence-electron chi connectivity index (χ2n) is 10.9. The molecule has 0 spiro atoms. The molecule has 2 fully saturated rings. The molecular formula is C28H36FN7O3. The number of aromatic nitrogens is 4. The molecule has 10 nitrogen and oxygen atoms in total. The van der Waals surface area contributed by atoms with Gasteiger partial charge in [-0.05, 0) is 83.1 Å². The summed E-state index contributed by atoms with van der Waals surface area (Å²) >= 11 is 0. The van der Waals surface area contributed by atoms with E-state index in [1.807, 2.05) is 21.0 Å². The molecule has 2 aromatic heterocycles. The zero-order valence-electron chi connectivity index (χ0n) is 22.7. The van der Waals surface area contributed by atoms with Crippen LogP contribution in [0.5, 0.6) is 0 Å². The van der Waals surface area contributed by atoms with Crippen molar-refractivity contribution in [2.45, 2.75) is 32.5 Å². The number of anilines is 1. The van der Waals surface area contributed by atoms with Crippen LogP contribution in [0.4, 0.5) is 10.3 Å². The molecule has 0 unspecified atom stereocenters. The van der Waals surface area contributed by atoms with Crippen molar-refractivity contribution in [1.29, 1.82) is 0 Å². The molecular weight excluding hydrogens is 501 g/mol. The lowest BCUT2D eigenvalue weighted by Crippen LogP contribution is -2.49. The van der Waals surface area contributed by atoms with Gasteiger partial charge in [0, 0.05) is 24.8 Å². The average Bonchev–Trinajstić information content (AvgIpc) is 3.67. The molecule has 11 heteroatoms. The maximum absolute atomic E-state index is 13.7. The van der Waals surface area contributed by atoms with Gasteiger partial charge in [0.15, 0.2) is 5.82 Å². The van der Waals surface area contributed by atoms with Gasteiger partial charge in [-0.2, -0.15) is 0 Å². The highest BCUT2D eigenvalue weighted by Gasteiger charge is 2.40. The summed E-state index contributed by atoms with van der Waals surface area (Å²) in [5.41, 5.74) is 1.79. The first-order chi connectivity index (χ1) is 18.8. The van der Waals surface area contributed by atoms with E-state index < -0.39 is 11.7 Å². The zero-order valence-corrected chi connectivity index (χ0v) is 22.7. The van der Waals surface area contributed by atoms with Gasteiger partial charge in [0.25, 0.3) is 0 Å². The molecule has 0 atom stereocenters. The summed E-state index contributed by atoms with van der Waals surface area (Å²) in [6.45, 7) is 4.53. The maximum atomic E-state index is 13.7. The van der Waals surface area contributed by atoms with Crippen LogP contribution < -0.4 is 10.6 Å². The van der Waals surface area contributed by atoms with Gasteiger partial charge in [-0.3, -0.25) is 4.79 Å². The van der Waals surface area contributed by atoms with Crippen LogP contribution in [0.15, 0.2) is 36.5 Å². The normalized spacial score (nSPS) is 21.2. The van der Waals surface area contributed by atoms with E-state index in [9.17, 15) is 9.18 Å². The van der Waals surface area contributed by atoms with Crippen LogP contribution >= 0.6 is 0 Å². The number of nitrogens with zero attached hydrogens (tertiary/aromatic N) is 4. The smallest absolute Gasteiger partial charge is 0.230 e. The van der Waals surface area contributed by atoms with Crippen LogP contribution in [0.3, 0.4) is 0 Å². The monoisotopic (exact) mass is 537 g/mol. The third kappa shape index (κ3) is 6.78. The lowest BCUT2D eigenvalue weighted by molar-refractivity contribution is -0.231. The molecule has 1 amide bonds. The lowest BCUT2D eigenvalue weighted by atomic mass is 9.91. The molecule has 1 saturated heterocycles. The fourth-order valence-electron chi connectivity index (χ4n) is 4.35. The van der Waals surface area contributed by atoms with Gasteiger partial charge in [-0.15, -0.1) is 0 Å². The Kier molecular flexibility index (Phi) is 8.20. The first kappa shape index (κ1) is 27.2. The Morgan fingerprint density at radius 2 is 1.90 bits per heavy atom. The average molecular weight is 538 g/mol. The van der Waals surface area contributed by atoms with Crippen molar-refractivity contribution < 1.29 is 18.7 Å². The maximum Gasteiger partial charge on any atom is 0.230 e. The highest BCUT2D eigenvalue weighted by molar-refractivity contribution is 5.82. The second kappa shape index (κ2) is 11.8. The summed E-state index contributed by atoms with van der Waals surface area (Å²) in [5, 5.41) is 6.29. The number of hydrogen-bond donors (Lipinski definition) is 3. The predicted molar refractivity (Wildman–Crippen MR) is 145 cm³/mol. The SMILES string of the molecule is CN(C)CCCNC(=O)C1(C)COC(c2nc(-c3ccc(F)cc3)c(-c3ccnc(NCC4CC4)n3)[nH]2)OC1. The Morgan fingerprint density at radius 3 is 2.59 bits per heavy atom. The quantitative estimate of drug-likeness (QED) is 0.318. The number of imidazole rings is 1. The van der Waals surface area contributed by atoms with Crippen molar-refractivity contribution in [2.75, 3.05) is 52.3 Å². The van der Waals surface area contributed by atoms with Crippen molar-refractivity contribution in [1.82, 2.24) is 30.2 Å². The van der Waals surface area contributed by atoms with E-state index in [1.165, 1.54) is 25.0 Å². The molecule has 5 rings (SSSR count). The van der Waals surface area contributed by atoms with E-state index in [4.69, 9.17) is 19.4 Å². The number of benzene rings is 1. The van der Waals surface area contributed by atoms with E-state index in [2.05, 4.69) is 25.5 Å². The number of rotatable bonds is 11. The Labute approximate surface area is 227 Å². The first-order valence-corrected chi connectivity index (χ1v) is 13.4. The van der Waals surface area contributed by atoms with Gasteiger partial charge in [-0.1, -0.05) is 0 Å². The van der Waals surface area contributed by atoms with Crippen LogP contribution in [0.1, 0.15) is 38.3 Å². The highest BCUT2D eigenvalue weighted by Crippen LogP contribution is 2.36. The second-order valence-corrected chi connectivity index (χ2v) is 10.9. The fourth-order valence-corrected chi connectivity index (χ4v) is 4.35. The van der Waals surface area contributed by atoms with Crippen molar-refractivity contribution in [3.63, 3.8) is 0 Å². The lowest BCUT2D eigenvalue weighted by Gasteiger charge is -2.35. The standard InChI is InChI=1S/C28H36FN7O3/c1-28(26(37)30-12-4-14-36(2)3)16-38-25(39-17-28)24-34-22(19-7-9-20(29)10-8-19)23(35-24)21-11-13-31-27(33-21)32-15-18-5-6-18/h7-11,13,18,25H,4-6,12,14-17H2,1-3H3,(H,30,37)(H,34,35)(H,31,32,33). The van der Waals surface area contributed by atoms with Gasteiger partial charge >= 0.3 is 0 Å². The molecule has 3 aromatic rings. The van der Waals surface area contributed by atoms with E-state index in [1.54, 1.807) is 24.4 Å². The molecule has 3 heterocycles. The van der Waals surface area contributed by atoms with Crippen LogP contribution in [0.2, 0.25) is 0 Å². The highest BCUT2D eigenvalue weighted by atomic mass is 19.1. The fraction of sp³-hybridized carbons (Fsp3) is 0.500. The third-order valence-electron chi connectivity index (χ3n) is 6.94. The Hall–Kier alpha value is -3.41. The van der Waals surface area contributed by atoms with Crippen LogP contribution in [-0.2, 0) is 14.3 Å². The number of nitrogens with one attached hydrogen (secondary N) is 3. The molecule has 2 aliphatic rings. The number of halogens is 1. The van der Waals surface area contributed by atoms with E-state index >= 15 is 0 Å². The summed E-state index contributed by atoms with van der Waals surface area (Å²) in [7, 11) is 4.01. The van der Waals surface area contributed by atoms with Crippen LogP contribution in [-0.4, -0.2) is 77.7 Å². The first-order valence-electron chi connectivity index (χ1n) is 13.4. The minimum Gasteiger partial charge on any atom is -0.355 e. The predicted octanol–water partition coefficient (Wildman–Crippen LogP) is 3.61. The Balaban J connectivity index is 1.33. The van der Waals surface area contributed by atoms with Gasteiger partial charge < -0.3 is 30.0 Å². The molecule has 1 aromatic carbocycles. The van der Waals surface area contributed by atoms with E-state index in [0.717, 1.165) is 25.1 Å². The summed E-state index contributed by atoms with van der Waals surface area (Å²) < 4.78 is 25.7. The molecule has 39 heavy (non-hydrogen) atoms. The number of amides is 1. The van der Waals surface area contributed by atoms with Gasteiger partial charge in [-0.25, -0.2) is 19.3 Å². The number of ether oxygens (including phenoxy) is 2. The number of hydrogen-bond acceptors (Lipinski definition) is 8. The molecule has 3 N–H and O–H groups in total.